The first-order chi connectivity index (χ1) is 6.63. The molecule has 1 rings (SSSR count). The second kappa shape index (κ2) is 4.79. The molecule has 0 saturated heterocycles. The molecule has 78 valence electrons. The average molecular weight is 196 g/mol. The molecule has 0 aliphatic rings. The van der Waals surface area contributed by atoms with Crippen molar-refractivity contribution in [2.24, 2.45) is 7.05 Å². The molecule has 4 nitrogen and oxygen atoms in total. The quantitative estimate of drug-likeness (QED) is 0.774. The first-order valence-corrected chi connectivity index (χ1v) is 4.86. The minimum atomic E-state index is -0.766. The van der Waals surface area contributed by atoms with Crippen LogP contribution in [-0.4, -0.2) is 20.9 Å². The number of nitrogens with zero attached hydrogens (tertiary/aromatic N) is 2. The molecule has 0 unspecified atom stereocenters. The van der Waals surface area contributed by atoms with E-state index in [9.17, 15) is 4.79 Å². The SMILES string of the molecule is CCCc1cn(C)nc1CCC(=O)O. The van der Waals surface area contributed by atoms with Gasteiger partial charge >= 0.3 is 5.97 Å². The van der Waals surface area contributed by atoms with Gasteiger partial charge in [0, 0.05) is 19.7 Å². The summed E-state index contributed by atoms with van der Waals surface area (Å²) < 4.78 is 1.75. The summed E-state index contributed by atoms with van der Waals surface area (Å²) in [5.41, 5.74) is 2.10. The lowest BCUT2D eigenvalue weighted by molar-refractivity contribution is -0.136. The molecule has 1 aromatic rings. The molecular formula is C10H16N2O2. The summed E-state index contributed by atoms with van der Waals surface area (Å²) in [7, 11) is 1.86. The molecule has 0 aliphatic heterocycles. The second-order valence-corrected chi connectivity index (χ2v) is 3.42. The molecule has 1 aromatic heterocycles. The molecule has 0 atom stereocenters. The predicted octanol–water partition coefficient (Wildman–Crippen LogP) is 1.39. The zero-order valence-corrected chi connectivity index (χ0v) is 8.66. The number of rotatable bonds is 5. The van der Waals surface area contributed by atoms with Crippen LogP contribution in [0.1, 0.15) is 31.0 Å². The Balaban J connectivity index is 2.68. The van der Waals surface area contributed by atoms with Crippen molar-refractivity contribution >= 4 is 5.97 Å². The van der Waals surface area contributed by atoms with E-state index in [1.165, 1.54) is 5.56 Å². The number of carboxylic acids is 1. The Morgan fingerprint density at radius 2 is 2.29 bits per heavy atom. The first kappa shape index (κ1) is 10.8. The van der Waals surface area contributed by atoms with Gasteiger partial charge in [-0.25, -0.2) is 0 Å². The Kier molecular flexibility index (Phi) is 3.68. The highest BCUT2D eigenvalue weighted by Gasteiger charge is 2.08. The van der Waals surface area contributed by atoms with Crippen LogP contribution in [0.25, 0.3) is 0 Å². The molecule has 14 heavy (non-hydrogen) atoms. The molecule has 1 N–H and O–H groups in total. The van der Waals surface area contributed by atoms with E-state index in [0.717, 1.165) is 18.5 Å². The molecular weight excluding hydrogens is 180 g/mol. The van der Waals surface area contributed by atoms with Crippen molar-refractivity contribution in [3.8, 4) is 0 Å². The van der Waals surface area contributed by atoms with E-state index in [1.807, 2.05) is 13.2 Å². The maximum absolute atomic E-state index is 10.4. The Morgan fingerprint density at radius 1 is 1.57 bits per heavy atom. The monoisotopic (exact) mass is 196 g/mol. The van der Waals surface area contributed by atoms with Crippen molar-refractivity contribution in [1.29, 1.82) is 0 Å². The van der Waals surface area contributed by atoms with Crippen LogP contribution in [0.5, 0.6) is 0 Å². The molecule has 4 heteroatoms. The van der Waals surface area contributed by atoms with E-state index in [4.69, 9.17) is 5.11 Å². The van der Waals surface area contributed by atoms with Crippen LogP contribution in [-0.2, 0) is 24.7 Å². The predicted molar refractivity (Wildman–Crippen MR) is 53.2 cm³/mol. The van der Waals surface area contributed by atoms with Crippen LogP contribution in [0.4, 0.5) is 0 Å². The smallest absolute Gasteiger partial charge is 0.303 e. The fourth-order valence-corrected chi connectivity index (χ4v) is 1.50. The van der Waals surface area contributed by atoms with Gasteiger partial charge in [0.25, 0.3) is 0 Å². The third-order valence-electron chi connectivity index (χ3n) is 2.09. The van der Waals surface area contributed by atoms with Crippen molar-refractivity contribution in [1.82, 2.24) is 9.78 Å². The molecule has 0 fully saturated rings. The van der Waals surface area contributed by atoms with Crippen molar-refractivity contribution in [2.75, 3.05) is 0 Å². The van der Waals surface area contributed by atoms with Gasteiger partial charge in [0.1, 0.15) is 0 Å². The number of hydrogen-bond acceptors (Lipinski definition) is 2. The number of hydrogen-bond donors (Lipinski definition) is 1. The standard InChI is InChI=1S/C10H16N2O2/c1-3-4-8-7-12(2)11-9(8)5-6-10(13)14/h7H,3-6H2,1-2H3,(H,13,14). The van der Waals surface area contributed by atoms with Crippen molar-refractivity contribution in [3.05, 3.63) is 17.5 Å². The minimum absolute atomic E-state index is 0.160. The zero-order chi connectivity index (χ0) is 10.6. The number of carbonyl (C=O) groups is 1. The van der Waals surface area contributed by atoms with E-state index in [2.05, 4.69) is 12.0 Å². The topological polar surface area (TPSA) is 55.1 Å². The summed E-state index contributed by atoms with van der Waals surface area (Å²) in [5, 5.41) is 12.8. The van der Waals surface area contributed by atoms with Crippen LogP contribution in [0.3, 0.4) is 0 Å². The van der Waals surface area contributed by atoms with Crippen molar-refractivity contribution in [3.63, 3.8) is 0 Å². The second-order valence-electron chi connectivity index (χ2n) is 3.42. The fraction of sp³-hybridized carbons (Fsp3) is 0.600. The molecule has 0 amide bonds. The molecule has 0 aromatic carbocycles. The highest BCUT2D eigenvalue weighted by molar-refractivity contribution is 5.67. The molecule has 0 radical (unpaired) electrons. The number of aryl methyl sites for hydroxylation is 3. The summed E-state index contributed by atoms with van der Waals surface area (Å²) in [6.07, 6.45) is 4.70. The van der Waals surface area contributed by atoms with E-state index in [1.54, 1.807) is 4.68 Å². The highest BCUT2D eigenvalue weighted by Crippen LogP contribution is 2.11. The third kappa shape index (κ3) is 2.87. The Hall–Kier alpha value is -1.32. The summed E-state index contributed by atoms with van der Waals surface area (Å²) >= 11 is 0. The highest BCUT2D eigenvalue weighted by atomic mass is 16.4. The zero-order valence-electron chi connectivity index (χ0n) is 8.66. The van der Waals surface area contributed by atoms with Crippen molar-refractivity contribution in [2.45, 2.75) is 32.6 Å². The lowest BCUT2D eigenvalue weighted by Crippen LogP contribution is -2.00. The first-order valence-electron chi connectivity index (χ1n) is 4.86. The molecule has 0 saturated carbocycles. The van der Waals surface area contributed by atoms with E-state index in [-0.39, 0.29) is 6.42 Å². The van der Waals surface area contributed by atoms with Gasteiger partial charge in [0.05, 0.1) is 12.1 Å². The summed E-state index contributed by atoms with van der Waals surface area (Å²) in [6.45, 7) is 2.11. The van der Waals surface area contributed by atoms with Gasteiger partial charge in [-0.15, -0.1) is 0 Å². The number of aliphatic carboxylic acids is 1. The molecule has 0 aliphatic carbocycles. The van der Waals surface area contributed by atoms with Gasteiger partial charge in [0.2, 0.25) is 0 Å². The molecule has 0 spiro atoms. The third-order valence-corrected chi connectivity index (χ3v) is 2.09. The van der Waals surface area contributed by atoms with Gasteiger partial charge in [-0.05, 0) is 12.0 Å². The van der Waals surface area contributed by atoms with Crippen LogP contribution < -0.4 is 0 Å². The minimum Gasteiger partial charge on any atom is -0.481 e. The maximum atomic E-state index is 10.4. The van der Waals surface area contributed by atoms with Gasteiger partial charge in [0.15, 0.2) is 0 Å². The number of carboxylic acid groups (broad SMARTS) is 1. The van der Waals surface area contributed by atoms with Gasteiger partial charge < -0.3 is 5.11 Å². The summed E-state index contributed by atoms with van der Waals surface area (Å²) in [4.78, 5) is 10.4. The normalized spacial score (nSPS) is 10.4. The van der Waals surface area contributed by atoms with Crippen LogP contribution in [0.2, 0.25) is 0 Å². The fourth-order valence-electron chi connectivity index (χ4n) is 1.50. The largest absolute Gasteiger partial charge is 0.481 e. The molecule has 1 heterocycles. The van der Waals surface area contributed by atoms with Crippen LogP contribution in [0, 0.1) is 0 Å². The number of aromatic nitrogens is 2. The lowest BCUT2D eigenvalue weighted by atomic mass is 10.1. The van der Waals surface area contributed by atoms with Gasteiger partial charge in [-0.2, -0.15) is 5.10 Å². The Morgan fingerprint density at radius 3 is 2.86 bits per heavy atom. The van der Waals surface area contributed by atoms with E-state index < -0.39 is 5.97 Å². The average Bonchev–Trinajstić information content (AvgIpc) is 2.44. The lowest BCUT2D eigenvalue weighted by Gasteiger charge is -1.97. The van der Waals surface area contributed by atoms with E-state index >= 15 is 0 Å². The van der Waals surface area contributed by atoms with E-state index in [0.29, 0.717) is 6.42 Å². The Labute approximate surface area is 83.5 Å². The van der Waals surface area contributed by atoms with Crippen LogP contribution in [0.15, 0.2) is 6.20 Å². The Bertz CT molecular complexity index is 318. The van der Waals surface area contributed by atoms with Crippen molar-refractivity contribution < 1.29 is 9.90 Å². The summed E-state index contributed by atoms with van der Waals surface area (Å²) in [6, 6.07) is 0. The van der Waals surface area contributed by atoms with Gasteiger partial charge in [-0.3, -0.25) is 9.48 Å². The van der Waals surface area contributed by atoms with Gasteiger partial charge in [-0.1, -0.05) is 13.3 Å². The summed E-state index contributed by atoms with van der Waals surface area (Å²) in [5.74, 6) is -0.766. The maximum Gasteiger partial charge on any atom is 0.303 e. The van der Waals surface area contributed by atoms with Crippen LogP contribution >= 0.6 is 0 Å². The molecule has 0 bridgehead atoms.